The fraction of sp³-hybridized carbons (Fsp3) is 0.250. The molecule has 0 spiro atoms. The van der Waals surface area contributed by atoms with Crippen molar-refractivity contribution in [1.82, 2.24) is 0 Å². The second kappa shape index (κ2) is 6.48. The molecule has 0 heterocycles. The molecule has 4 heteroatoms. The first-order chi connectivity index (χ1) is 9.59. The Hall–Kier alpha value is -1.94. The summed E-state index contributed by atoms with van der Waals surface area (Å²) >= 11 is 0. The van der Waals surface area contributed by atoms with Crippen LogP contribution < -0.4 is 10.5 Å². The topological polar surface area (TPSA) is 35.2 Å². The fourth-order valence-corrected chi connectivity index (χ4v) is 1.98. The highest BCUT2D eigenvalue weighted by Gasteiger charge is 2.18. The van der Waals surface area contributed by atoms with Crippen molar-refractivity contribution in [3.63, 3.8) is 0 Å². The van der Waals surface area contributed by atoms with Crippen molar-refractivity contribution in [2.24, 2.45) is 5.73 Å². The van der Waals surface area contributed by atoms with Crippen molar-refractivity contribution in [2.75, 3.05) is 6.61 Å². The van der Waals surface area contributed by atoms with Crippen LogP contribution in [0.4, 0.5) is 8.78 Å². The molecule has 2 aromatic rings. The van der Waals surface area contributed by atoms with E-state index in [4.69, 9.17) is 10.5 Å². The lowest BCUT2D eigenvalue weighted by molar-refractivity contribution is 0.295. The van der Waals surface area contributed by atoms with E-state index in [9.17, 15) is 8.78 Å². The van der Waals surface area contributed by atoms with Gasteiger partial charge in [0.25, 0.3) is 0 Å². The van der Waals surface area contributed by atoms with Gasteiger partial charge in [0.05, 0.1) is 6.61 Å². The van der Waals surface area contributed by atoms with Crippen LogP contribution in [-0.2, 0) is 0 Å². The Morgan fingerprint density at radius 3 is 2.50 bits per heavy atom. The van der Waals surface area contributed by atoms with E-state index in [-0.39, 0.29) is 5.56 Å². The molecule has 0 bridgehead atoms. The van der Waals surface area contributed by atoms with Gasteiger partial charge in [0.2, 0.25) is 0 Å². The van der Waals surface area contributed by atoms with E-state index in [0.717, 1.165) is 0 Å². The van der Waals surface area contributed by atoms with Crippen LogP contribution in [-0.4, -0.2) is 6.61 Å². The highest BCUT2D eigenvalue weighted by Crippen LogP contribution is 2.24. The minimum absolute atomic E-state index is 0.0679. The number of ether oxygens (including phenoxy) is 1. The van der Waals surface area contributed by atoms with Crippen LogP contribution >= 0.6 is 0 Å². The third-order valence-electron chi connectivity index (χ3n) is 3.13. The minimum Gasteiger partial charge on any atom is -0.494 e. The number of para-hydroxylation sites is 1. The molecule has 106 valence electrons. The molecule has 1 atom stereocenters. The maximum atomic E-state index is 13.9. The smallest absolute Gasteiger partial charge is 0.133 e. The first-order valence-electron chi connectivity index (χ1n) is 6.47. The highest BCUT2D eigenvalue weighted by atomic mass is 19.1. The van der Waals surface area contributed by atoms with Crippen molar-refractivity contribution >= 4 is 0 Å². The monoisotopic (exact) mass is 277 g/mol. The molecule has 2 aromatic carbocycles. The predicted octanol–water partition coefficient (Wildman–Crippen LogP) is 3.74. The Balaban J connectivity index is 1.99. The Morgan fingerprint density at radius 1 is 1.10 bits per heavy atom. The highest BCUT2D eigenvalue weighted by molar-refractivity contribution is 5.29. The maximum Gasteiger partial charge on any atom is 0.133 e. The SMILES string of the molecule is Cc1ccc(F)c(C(N)CCOc2ccccc2)c1F. The molecule has 0 radical (unpaired) electrons. The van der Waals surface area contributed by atoms with Gasteiger partial charge in [-0.25, -0.2) is 8.78 Å². The molecule has 0 aliphatic heterocycles. The number of aryl methyl sites for hydroxylation is 1. The lowest BCUT2D eigenvalue weighted by Crippen LogP contribution is -2.18. The number of halogens is 2. The Morgan fingerprint density at radius 2 is 1.80 bits per heavy atom. The maximum absolute atomic E-state index is 13.9. The first kappa shape index (κ1) is 14.5. The van der Waals surface area contributed by atoms with E-state index in [0.29, 0.717) is 24.3 Å². The molecule has 0 saturated carbocycles. The molecule has 0 aliphatic rings. The van der Waals surface area contributed by atoms with E-state index >= 15 is 0 Å². The average Bonchev–Trinajstić information content (AvgIpc) is 2.44. The van der Waals surface area contributed by atoms with Gasteiger partial charge in [0.15, 0.2) is 0 Å². The van der Waals surface area contributed by atoms with Gasteiger partial charge >= 0.3 is 0 Å². The van der Waals surface area contributed by atoms with Gasteiger partial charge in [-0.3, -0.25) is 0 Å². The van der Waals surface area contributed by atoms with Crippen LogP contribution in [0.25, 0.3) is 0 Å². The summed E-state index contributed by atoms with van der Waals surface area (Å²) in [5, 5.41) is 0. The van der Waals surface area contributed by atoms with Gasteiger partial charge in [-0.15, -0.1) is 0 Å². The Labute approximate surface area is 117 Å². The number of benzene rings is 2. The summed E-state index contributed by atoms with van der Waals surface area (Å²) in [6.07, 6.45) is 0.339. The van der Waals surface area contributed by atoms with Crippen LogP contribution in [0.15, 0.2) is 42.5 Å². The van der Waals surface area contributed by atoms with Crippen LogP contribution in [0.3, 0.4) is 0 Å². The summed E-state index contributed by atoms with van der Waals surface area (Å²) in [5.41, 5.74) is 6.19. The molecule has 0 fully saturated rings. The largest absolute Gasteiger partial charge is 0.494 e. The van der Waals surface area contributed by atoms with Gasteiger partial charge in [-0.05, 0) is 30.7 Å². The number of hydrogen-bond donors (Lipinski definition) is 1. The Bertz CT molecular complexity index is 572. The number of nitrogens with two attached hydrogens (primary N) is 1. The third kappa shape index (κ3) is 3.33. The minimum atomic E-state index is -0.724. The summed E-state index contributed by atoms with van der Waals surface area (Å²) in [4.78, 5) is 0. The zero-order valence-corrected chi connectivity index (χ0v) is 11.3. The zero-order chi connectivity index (χ0) is 14.5. The Kier molecular flexibility index (Phi) is 4.69. The second-order valence-electron chi connectivity index (χ2n) is 4.65. The van der Waals surface area contributed by atoms with E-state index < -0.39 is 17.7 Å². The molecule has 0 amide bonds. The van der Waals surface area contributed by atoms with Gasteiger partial charge in [-0.1, -0.05) is 24.3 Å². The lowest BCUT2D eigenvalue weighted by atomic mass is 10.0. The normalized spacial score (nSPS) is 12.2. The van der Waals surface area contributed by atoms with Gasteiger partial charge in [-0.2, -0.15) is 0 Å². The molecular weight excluding hydrogens is 260 g/mol. The predicted molar refractivity (Wildman–Crippen MR) is 74.6 cm³/mol. The van der Waals surface area contributed by atoms with Crippen LogP contribution in [0.2, 0.25) is 0 Å². The van der Waals surface area contributed by atoms with Crippen LogP contribution in [0.5, 0.6) is 5.75 Å². The van der Waals surface area contributed by atoms with Crippen LogP contribution in [0, 0.1) is 18.6 Å². The molecule has 2 rings (SSSR count). The number of rotatable bonds is 5. The second-order valence-corrected chi connectivity index (χ2v) is 4.65. The summed E-state index contributed by atoms with van der Waals surface area (Å²) in [6.45, 7) is 1.89. The molecule has 1 unspecified atom stereocenters. The summed E-state index contributed by atoms with van der Waals surface area (Å²) < 4.78 is 33.1. The van der Waals surface area contributed by atoms with Crippen molar-refractivity contribution in [3.05, 3.63) is 65.2 Å². The zero-order valence-electron chi connectivity index (χ0n) is 11.3. The molecule has 2 N–H and O–H groups in total. The lowest BCUT2D eigenvalue weighted by Gasteiger charge is -2.15. The van der Waals surface area contributed by atoms with E-state index in [1.54, 1.807) is 6.92 Å². The third-order valence-corrected chi connectivity index (χ3v) is 3.13. The van der Waals surface area contributed by atoms with Gasteiger partial charge in [0.1, 0.15) is 17.4 Å². The van der Waals surface area contributed by atoms with Gasteiger partial charge in [0, 0.05) is 18.0 Å². The van der Waals surface area contributed by atoms with Crippen molar-refractivity contribution < 1.29 is 13.5 Å². The van der Waals surface area contributed by atoms with Crippen LogP contribution in [0.1, 0.15) is 23.6 Å². The van der Waals surface area contributed by atoms with Crippen molar-refractivity contribution in [3.8, 4) is 5.75 Å². The first-order valence-corrected chi connectivity index (χ1v) is 6.47. The van der Waals surface area contributed by atoms with Gasteiger partial charge < -0.3 is 10.5 Å². The van der Waals surface area contributed by atoms with E-state index in [2.05, 4.69) is 0 Å². The van der Waals surface area contributed by atoms with Crippen molar-refractivity contribution in [2.45, 2.75) is 19.4 Å². The number of hydrogen-bond acceptors (Lipinski definition) is 2. The summed E-state index contributed by atoms with van der Waals surface area (Å²) in [5.74, 6) is -0.470. The average molecular weight is 277 g/mol. The molecule has 2 nitrogen and oxygen atoms in total. The fourth-order valence-electron chi connectivity index (χ4n) is 1.98. The molecule has 0 aromatic heterocycles. The van der Waals surface area contributed by atoms with E-state index in [1.165, 1.54) is 12.1 Å². The summed E-state index contributed by atoms with van der Waals surface area (Å²) in [6, 6.07) is 11.2. The van der Waals surface area contributed by atoms with E-state index in [1.807, 2.05) is 30.3 Å². The van der Waals surface area contributed by atoms with Crippen molar-refractivity contribution in [1.29, 1.82) is 0 Å². The summed E-state index contributed by atoms with van der Waals surface area (Å²) in [7, 11) is 0. The molecule has 0 saturated heterocycles. The quantitative estimate of drug-likeness (QED) is 0.903. The molecule has 0 aliphatic carbocycles. The molecular formula is C16H17F2NO. The standard InChI is InChI=1S/C16H17F2NO/c1-11-7-8-13(17)15(16(11)18)14(19)9-10-20-12-5-3-2-4-6-12/h2-8,14H,9-10,19H2,1H3. The molecule has 20 heavy (non-hydrogen) atoms.